The third kappa shape index (κ3) is 9.74. The van der Waals surface area contributed by atoms with Crippen molar-refractivity contribution in [3.63, 3.8) is 0 Å². The summed E-state index contributed by atoms with van der Waals surface area (Å²) in [6.07, 6.45) is 12.2. The monoisotopic (exact) mass is 155 g/mol. The molecule has 0 aromatic rings. The minimum atomic E-state index is 0.608. The molecule has 0 aliphatic carbocycles. The Morgan fingerprint density at radius 3 is 2.36 bits per heavy atom. The van der Waals surface area contributed by atoms with Crippen molar-refractivity contribution in [2.45, 2.75) is 58.3 Å². The molecule has 0 radical (unpaired) electrons. The fraction of sp³-hybridized carbons (Fsp3) is 0.818. The van der Waals surface area contributed by atoms with Gasteiger partial charge in [-0.2, -0.15) is 0 Å². The lowest BCUT2D eigenvalue weighted by molar-refractivity contribution is 0.592. The van der Waals surface area contributed by atoms with Crippen LogP contribution in [-0.2, 0) is 0 Å². The zero-order chi connectivity index (χ0) is 9.07. The second kappa shape index (κ2) is 9.74. The first kappa shape index (κ1) is 8.83. The highest BCUT2D eigenvalue weighted by atomic mass is 13.9. The van der Waals surface area contributed by atoms with Crippen LogP contribution in [0.15, 0.2) is 12.7 Å². The molecule has 0 amide bonds. The Morgan fingerprint density at radius 1 is 1.09 bits per heavy atom. The second-order valence-electron chi connectivity index (χ2n) is 3.05. The fourth-order valence-corrected chi connectivity index (χ4v) is 1.17. The summed E-state index contributed by atoms with van der Waals surface area (Å²) in [7, 11) is 0. The molecule has 0 unspecified atom stereocenters. The van der Waals surface area contributed by atoms with Gasteiger partial charge >= 0.3 is 0 Å². The number of hydrogen-bond acceptors (Lipinski definition) is 0. The molecule has 0 saturated heterocycles. The lowest BCUT2D eigenvalue weighted by Crippen LogP contribution is -1.78. The summed E-state index contributed by atoms with van der Waals surface area (Å²) in [6, 6.07) is 0. The third-order valence-electron chi connectivity index (χ3n) is 1.91. The lowest BCUT2D eigenvalue weighted by Gasteiger charge is -1.98. The molecule has 0 rings (SSSR count). The summed E-state index contributed by atoms with van der Waals surface area (Å²) in [6.45, 7) is 4.31. The van der Waals surface area contributed by atoms with E-state index in [1.807, 2.05) is 6.08 Å². The molecule has 0 aliphatic rings. The summed E-state index contributed by atoms with van der Waals surface area (Å²) in [5.41, 5.74) is 0. The molecule has 0 heteroatoms. The normalized spacial score (nSPS) is 11.1. The van der Waals surface area contributed by atoms with Crippen molar-refractivity contribution >= 4 is 0 Å². The number of hydrogen-bond donors (Lipinski definition) is 0. The Labute approximate surface area is 73.1 Å². The molecule has 11 heavy (non-hydrogen) atoms. The Balaban J connectivity index is 2.77. The van der Waals surface area contributed by atoms with Gasteiger partial charge in [0.15, 0.2) is 0 Å². The molecular weight excluding hydrogens is 132 g/mol. The molecule has 0 aromatic heterocycles. The van der Waals surface area contributed by atoms with Gasteiger partial charge in [0.25, 0.3) is 0 Å². The zero-order valence-corrected chi connectivity index (χ0v) is 7.65. The highest BCUT2D eigenvalue weighted by molar-refractivity contribution is 4.65. The molecule has 66 valence electrons. The van der Waals surface area contributed by atoms with Crippen molar-refractivity contribution in [1.82, 2.24) is 0 Å². The second-order valence-corrected chi connectivity index (χ2v) is 3.05. The van der Waals surface area contributed by atoms with Crippen LogP contribution in [0, 0.1) is 0 Å². The summed E-state index contributed by atoms with van der Waals surface area (Å²) in [5, 5.41) is 0. The Hall–Kier alpha value is -0.260. The van der Waals surface area contributed by atoms with E-state index in [0.29, 0.717) is 6.90 Å². The van der Waals surface area contributed by atoms with Gasteiger partial charge in [0, 0.05) is 1.37 Å². The molecule has 0 heterocycles. The summed E-state index contributed by atoms with van der Waals surface area (Å²) >= 11 is 0. The van der Waals surface area contributed by atoms with Crippen LogP contribution in [0.2, 0.25) is 0 Å². The largest absolute Gasteiger partial charge is 0.103 e. The molecule has 0 N–H and O–H groups in total. The standard InChI is InChI=1S/C11H22/c1-3-5-7-9-11-10-8-6-4-2/h3H,1,4-11H2,2H3/i2D. The van der Waals surface area contributed by atoms with Gasteiger partial charge in [0.2, 0.25) is 0 Å². The summed E-state index contributed by atoms with van der Waals surface area (Å²) < 4.78 is 6.96. The maximum atomic E-state index is 6.96. The van der Waals surface area contributed by atoms with Crippen LogP contribution in [-0.4, -0.2) is 0 Å². The van der Waals surface area contributed by atoms with E-state index < -0.39 is 0 Å². The topological polar surface area (TPSA) is 0 Å². The van der Waals surface area contributed by atoms with E-state index in [4.69, 9.17) is 1.37 Å². The number of unbranched alkanes of at least 4 members (excludes halogenated alkanes) is 7. The molecule has 0 bridgehead atoms. The molecule has 0 fully saturated rings. The Morgan fingerprint density at radius 2 is 1.73 bits per heavy atom. The Kier molecular flexibility index (Phi) is 7.82. The number of allylic oxidation sites excluding steroid dienone is 1. The predicted octanol–water partition coefficient (Wildman–Crippen LogP) is 4.31. The van der Waals surface area contributed by atoms with E-state index in [0.717, 1.165) is 6.42 Å². The Bertz CT molecular complexity index is 89.0. The van der Waals surface area contributed by atoms with Crippen molar-refractivity contribution in [3.05, 3.63) is 12.7 Å². The molecule has 0 nitrogen and oxygen atoms in total. The van der Waals surface area contributed by atoms with Gasteiger partial charge in [-0.1, -0.05) is 51.5 Å². The van der Waals surface area contributed by atoms with Crippen LogP contribution in [0.5, 0.6) is 0 Å². The first-order valence-electron chi connectivity index (χ1n) is 5.52. The van der Waals surface area contributed by atoms with Crippen molar-refractivity contribution < 1.29 is 1.37 Å². The maximum Gasteiger partial charge on any atom is 0.0230 e. The minimum Gasteiger partial charge on any atom is -0.103 e. The first-order valence-corrected chi connectivity index (χ1v) is 4.82. The molecule has 0 aromatic carbocycles. The van der Waals surface area contributed by atoms with Gasteiger partial charge in [-0.05, 0) is 12.8 Å². The SMILES string of the molecule is [2H]CCCCCCCCCC=C. The predicted molar refractivity (Wildman–Crippen MR) is 52.8 cm³/mol. The van der Waals surface area contributed by atoms with Crippen LogP contribution in [0.3, 0.4) is 0 Å². The van der Waals surface area contributed by atoms with Gasteiger partial charge in [0.1, 0.15) is 0 Å². The maximum absolute atomic E-state index is 6.96. The van der Waals surface area contributed by atoms with E-state index in [9.17, 15) is 0 Å². The first-order chi connectivity index (χ1) is 5.91. The van der Waals surface area contributed by atoms with Crippen LogP contribution >= 0.6 is 0 Å². The van der Waals surface area contributed by atoms with Gasteiger partial charge in [0.05, 0.1) is 0 Å². The van der Waals surface area contributed by atoms with Gasteiger partial charge < -0.3 is 0 Å². The summed E-state index contributed by atoms with van der Waals surface area (Å²) in [4.78, 5) is 0. The van der Waals surface area contributed by atoms with Gasteiger partial charge in [-0.15, -0.1) is 6.58 Å². The molecule has 0 saturated carbocycles. The fourth-order valence-electron chi connectivity index (χ4n) is 1.17. The molecular formula is C11H22. The van der Waals surface area contributed by atoms with E-state index in [2.05, 4.69) is 6.58 Å². The van der Waals surface area contributed by atoms with Gasteiger partial charge in [-0.25, -0.2) is 0 Å². The average Bonchev–Trinajstić information content (AvgIpc) is 2.10. The van der Waals surface area contributed by atoms with Crippen molar-refractivity contribution in [2.24, 2.45) is 0 Å². The highest BCUT2D eigenvalue weighted by Gasteiger charge is 1.88. The molecule has 0 atom stereocenters. The van der Waals surface area contributed by atoms with Crippen LogP contribution in [0.1, 0.15) is 59.6 Å². The third-order valence-corrected chi connectivity index (χ3v) is 1.91. The van der Waals surface area contributed by atoms with E-state index >= 15 is 0 Å². The van der Waals surface area contributed by atoms with E-state index in [-0.39, 0.29) is 0 Å². The minimum absolute atomic E-state index is 0.608. The van der Waals surface area contributed by atoms with Crippen LogP contribution < -0.4 is 0 Å². The van der Waals surface area contributed by atoms with Crippen molar-refractivity contribution in [1.29, 1.82) is 0 Å². The summed E-state index contributed by atoms with van der Waals surface area (Å²) in [5.74, 6) is 0. The highest BCUT2D eigenvalue weighted by Crippen LogP contribution is 2.07. The molecule has 0 spiro atoms. The van der Waals surface area contributed by atoms with Crippen molar-refractivity contribution in [3.8, 4) is 0 Å². The zero-order valence-electron chi connectivity index (χ0n) is 8.65. The number of rotatable bonds is 8. The van der Waals surface area contributed by atoms with Crippen LogP contribution in [0.4, 0.5) is 0 Å². The quantitative estimate of drug-likeness (QED) is 0.362. The van der Waals surface area contributed by atoms with Crippen LogP contribution in [0.25, 0.3) is 0 Å². The van der Waals surface area contributed by atoms with Crippen molar-refractivity contribution in [2.75, 3.05) is 0 Å². The smallest absolute Gasteiger partial charge is 0.0230 e. The average molecular weight is 155 g/mol. The molecule has 0 aliphatic heterocycles. The van der Waals surface area contributed by atoms with E-state index in [1.165, 1.54) is 44.9 Å². The van der Waals surface area contributed by atoms with Gasteiger partial charge in [-0.3, -0.25) is 0 Å². The lowest BCUT2D eigenvalue weighted by atomic mass is 10.1. The van der Waals surface area contributed by atoms with E-state index in [1.54, 1.807) is 0 Å².